The number of H-pyrrole nitrogens is 1. The summed E-state index contributed by atoms with van der Waals surface area (Å²) in [5.41, 5.74) is 0.617. The van der Waals surface area contributed by atoms with Crippen molar-refractivity contribution in [1.29, 1.82) is 0 Å². The van der Waals surface area contributed by atoms with Crippen molar-refractivity contribution in [2.75, 3.05) is 0 Å². The van der Waals surface area contributed by atoms with E-state index in [9.17, 15) is 25.2 Å². The highest BCUT2D eigenvalue weighted by atomic mass is 79.9. The van der Waals surface area contributed by atoms with E-state index in [1.165, 1.54) is 6.20 Å². The topological polar surface area (TPSA) is 132 Å². The van der Waals surface area contributed by atoms with E-state index in [0.717, 1.165) is 0 Å². The Kier molecular flexibility index (Phi) is 4.85. The van der Waals surface area contributed by atoms with E-state index >= 15 is 0 Å². The maximum Gasteiger partial charge on any atom is 0.343 e. The fourth-order valence-electron chi connectivity index (χ4n) is 2.43. The van der Waals surface area contributed by atoms with Crippen LogP contribution in [0.2, 0.25) is 5.02 Å². The molecule has 1 aromatic heterocycles. The quantitative estimate of drug-likeness (QED) is 0.439. The minimum atomic E-state index is -1.83. The predicted octanol–water partition coefficient (Wildman–Crippen LogP) is 0.289. The summed E-state index contributed by atoms with van der Waals surface area (Å²) in [5.74, 6) is -0.961. The summed E-state index contributed by atoms with van der Waals surface area (Å²) in [7, 11) is 0. The van der Waals surface area contributed by atoms with Crippen molar-refractivity contribution in [1.82, 2.24) is 4.98 Å². The lowest BCUT2D eigenvalue weighted by Crippen LogP contribution is -2.60. The van der Waals surface area contributed by atoms with Gasteiger partial charge in [-0.1, -0.05) is 11.6 Å². The molecule has 0 aliphatic carbocycles. The van der Waals surface area contributed by atoms with Gasteiger partial charge in [0.15, 0.2) is 18.1 Å². The van der Waals surface area contributed by atoms with Crippen molar-refractivity contribution < 1.29 is 34.7 Å². The third-order valence-corrected chi connectivity index (χ3v) is 5.01. The smallest absolute Gasteiger partial charge is 0.343 e. The van der Waals surface area contributed by atoms with Gasteiger partial charge in [-0.25, -0.2) is 4.79 Å². The van der Waals surface area contributed by atoms with Crippen LogP contribution < -0.4 is 4.74 Å². The van der Waals surface area contributed by atoms with Crippen LogP contribution in [0.1, 0.15) is 0 Å². The maximum atomic E-state index is 12.2. The number of hydrogen-bond donors (Lipinski definition) is 5. The molecular weight excluding hydrogens is 410 g/mol. The molecule has 3 rings (SSSR count). The predicted molar refractivity (Wildman–Crippen MR) is 85.5 cm³/mol. The maximum absolute atomic E-state index is 12.2. The third-order valence-electron chi connectivity index (χ3n) is 3.73. The highest BCUT2D eigenvalue weighted by Gasteiger charge is 2.47. The number of nitrogens with one attached hydrogen (secondary N) is 1. The van der Waals surface area contributed by atoms with Gasteiger partial charge in [0.1, 0.15) is 18.3 Å². The molecule has 1 aliphatic heterocycles. The first-order valence-electron chi connectivity index (χ1n) is 6.85. The summed E-state index contributed by atoms with van der Waals surface area (Å²) in [4.78, 5) is 15.1. The Labute approximate surface area is 148 Å². The van der Waals surface area contributed by atoms with Crippen LogP contribution in [0.3, 0.4) is 0 Å². The van der Waals surface area contributed by atoms with E-state index in [1.807, 2.05) is 0 Å². The largest absolute Gasteiger partial charge is 0.422 e. The summed E-state index contributed by atoms with van der Waals surface area (Å²) in [6, 6.07) is 3.44. The molecule has 0 bridgehead atoms. The number of aliphatic hydroxyl groups excluding tert-OH is 4. The zero-order chi connectivity index (χ0) is 17.6. The van der Waals surface area contributed by atoms with E-state index in [2.05, 4.69) is 20.9 Å². The molecule has 0 saturated carbocycles. The minimum absolute atomic E-state index is 0.0900. The van der Waals surface area contributed by atoms with Gasteiger partial charge in [0.25, 0.3) is 0 Å². The Morgan fingerprint density at radius 3 is 2.62 bits per heavy atom. The molecule has 0 spiro atoms. The second-order valence-electron chi connectivity index (χ2n) is 5.28. The Morgan fingerprint density at radius 1 is 1.21 bits per heavy atom. The molecule has 1 aliphatic rings. The van der Waals surface area contributed by atoms with Gasteiger partial charge >= 0.3 is 5.97 Å². The lowest BCUT2D eigenvalue weighted by atomic mass is 9.99. The van der Waals surface area contributed by atoms with Crippen LogP contribution in [-0.4, -0.2) is 62.1 Å². The molecule has 2 heterocycles. The number of rotatable bonds is 2. The average Bonchev–Trinajstić information content (AvgIpc) is 2.95. The SMILES string of the molecule is O=C(Oc1c[nH]c2ccc(Br)c(Cl)c12)[C@H]1O[C@@H](O)[C@H](O)[C@@H](O)[C@@H]1O. The number of esters is 1. The van der Waals surface area contributed by atoms with Crippen LogP contribution in [0, 0.1) is 0 Å². The standard InChI is InChI=1S/C14H13BrClNO7/c15-4-1-2-5-7(8(4)16)6(3-17-5)23-14(22)12-10(19)9(18)11(20)13(21)24-12/h1-3,9-13,17-21H/t9-,10-,11+,12-,13+/m0/s1. The second kappa shape index (κ2) is 6.60. The zero-order valence-corrected chi connectivity index (χ0v) is 14.2. The van der Waals surface area contributed by atoms with Gasteiger partial charge in [-0.05, 0) is 28.1 Å². The molecule has 130 valence electrons. The van der Waals surface area contributed by atoms with Gasteiger partial charge in [-0.15, -0.1) is 0 Å². The molecule has 8 nitrogen and oxygen atoms in total. The molecule has 0 amide bonds. The molecule has 5 atom stereocenters. The summed E-state index contributed by atoms with van der Waals surface area (Å²) in [5, 5.41) is 39.1. The fraction of sp³-hybridized carbons (Fsp3) is 0.357. The van der Waals surface area contributed by atoms with Crippen molar-refractivity contribution >= 4 is 44.4 Å². The third kappa shape index (κ3) is 2.93. The van der Waals surface area contributed by atoms with E-state index in [0.29, 0.717) is 20.4 Å². The Hall–Kier alpha value is -1.20. The van der Waals surface area contributed by atoms with Crippen molar-refractivity contribution in [3.63, 3.8) is 0 Å². The Balaban J connectivity index is 1.86. The lowest BCUT2D eigenvalue weighted by molar-refractivity contribution is -0.279. The summed E-state index contributed by atoms with van der Waals surface area (Å²) in [6.45, 7) is 0. The van der Waals surface area contributed by atoms with E-state index in [4.69, 9.17) is 21.1 Å². The molecular formula is C14H13BrClNO7. The molecule has 5 N–H and O–H groups in total. The van der Waals surface area contributed by atoms with Crippen LogP contribution in [0.5, 0.6) is 5.75 Å². The number of aromatic amines is 1. The molecule has 1 aromatic carbocycles. The number of hydrogen-bond acceptors (Lipinski definition) is 7. The first-order valence-corrected chi connectivity index (χ1v) is 8.03. The molecule has 1 fully saturated rings. The van der Waals surface area contributed by atoms with Crippen LogP contribution in [0.15, 0.2) is 22.8 Å². The summed E-state index contributed by atoms with van der Waals surface area (Å²) < 4.78 is 10.6. The first-order chi connectivity index (χ1) is 11.3. The van der Waals surface area contributed by atoms with E-state index < -0.39 is 36.7 Å². The van der Waals surface area contributed by atoms with Gasteiger partial charge in [0.2, 0.25) is 0 Å². The number of aromatic nitrogens is 1. The average molecular weight is 423 g/mol. The summed E-state index contributed by atoms with van der Waals surface area (Å²) >= 11 is 9.45. The van der Waals surface area contributed by atoms with Gasteiger partial charge in [-0.2, -0.15) is 0 Å². The number of ether oxygens (including phenoxy) is 2. The Morgan fingerprint density at radius 2 is 1.92 bits per heavy atom. The highest BCUT2D eigenvalue weighted by Crippen LogP contribution is 2.37. The minimum Gasteiger partial charge on any atom is -0.422 e. The molecule has 24 heavy (non-hydrogen) atoms. The van der Waals surface area contributed by atoms with Crippen molar-refractivity contribution in [3.8, 4) is 5.75 Å². The lowest BCUT2D eigenvalue weighted by Gasteiger charge is -2.36. The van der Waals surface area contributed by atoms with E-state index in [-0.39, 0.29) is 5.75 Å². The number of benzene rings is 1. The van der Waals surface area contributed by atoms with Crippen molar-refractivity contribution in [2.45, 2.75) is 30.7 Å². The van der Waals surface area contributed by atoms with Crippen LogP contribution in [0.25, 0.3) is 10.9 Å². The molecule has 0 unspecified atom stereocenters. The number of aliphatic hydroxyl groups is 4. The molecule has 10 heteroatoms. The molecule has 0 radical (unpaired) electrons. The normalized spacial score (nSPS) is 30.5. The number of fused-ring (bicyclic) bond motifs is 1. The molecule has 2 aromatic rings. The first kappa shape index (κ1) is 17.6. The summed E-state index contributed by atoms with van der Waals surface area (Å²) in [6.07, 6.45) is -7.36. The van der Waals surface area contributed by atoms with Gasteiger partial charge in [0, 0.05) is 10.7 Å². The van der Waals surface area contributed by atoms with Crippen molar-refractivity contribution in [2.24, 2.45) is 0 Å². The van der Waals surface area contributed by atoms with Crippen LogP contribution in [-0.2, 0) is 9.53 Å². The number of halogens is 2. The van der Waals surface area contributed by atoms with Crippen molar-refractivity contribution in [3.05, 3.63) is 27.8 Å². The van der Waals surface area contributed by atoms with Gasteiger partial charge in [0.05, 0.1) is 15.9 Å². The molecule has 1 saturated heterocycles. The van der Waals surface area contributed by atoms with Crippen LogP contribution >= 0.6 is 27.5 Å². The number of carbonyl (C=O) groups excluding carboxylic acids is 1. The second-order valence-corrected chi connectivity index (χ2v) is 6.51. The van der Waals surface area contributed by atoms with Gasteiger partial charge in [-0.3, -0.25) is 0 Å². The van der Waals surface area contributed by atoms with Gasteiger partial charge < -0.3 is 34.9 Å². The monoisotopic (exact) mass is 421 g/mol. The highest BCUT2D eigenvalue weighted by molar-refractivity contribution is 9.10. The van der Waals surface area contributed by atoms with E-state index in [1.54, 1.807) is 12.1 Å². The fourth-order valence-corrected chi connectivity index (χ4v) is 3.02. The zero-order valence-electron chi connectivity index (χ0n) is 11.9. The van der Waals surface area contributed by atoms with Crippen LogP contribution in [0.4, 0.5) is 0 Å². The Bertz CT molecular complexity index is 782. The number of carbonyl (C=O) groups is 1.